The van der Waals surface area contributed by atoms with E-state index in [2.05, 4.69) is 25.6 Å². The van der Waals surface area contributed by atoms with Gasteiger partial charge in [-0.15, -0.1) is 21.6 Å². The monoisotopic (exact) mass is 759 g/mol. The fraction of sp³-hybridized carbons (Fsp3) is 0.0303. The van der Waals surface area contributed by atoms with E-state index in [1.54, 1.807) is 43.3 Å². The first-order valence-electron chi connectivity index (χ1n) is 14.4. The first-order chi connectivity index (χ1) is 24.3. The van der Waals surface area contributed by atoms with Crippen molar-refractivity contribution in [1.82, 2.24) is 9.78 Å². The van der Waals surface area contributed by atoms with Gasteiger partial charge in [-0.25, -0.2) is 8.42 Å². The van der Waals surface area contributed by atoms with E-state index in [1.165, 1.54) is 41.1 Å². The van der Waals surface area contributed by atoms with Crippen molar-refractivity contribution >= 4 is 61.0 Å². The normalized spacial score (nSPS) is 11.3. The number of hydrogen-bond acceptors (Lipinski definition) is 13. The maximum atomic E-state index is 12.4. The molecule has 0 bridgehead atoms. The van der Waals surface area contributed by atoms with E-state index >= 15 is 0 Å². The van der Waals surface area contributed by atoms with Gasteiger partial charge in [-0.05, 0) is 30.3 Å². The molecule has 0 saturated carbocycles. The van der Waals surface area contributed by atoms with Crippen LogP contribution in [-0.4, -0.2) is 28.5 Å². The summed E-state index contributed by atoms with van der Waals surface area (Å²) in [7, 11) is -4.74. The number of aromatic carboxylic acids is 1. The molecule has 261 valence electrons. The van der Waals surface area contributed by atoms with Crippen molar-refractivity contribution in [2.24, 2.45) is 20.5 Å². The van der Waals surface area contributed by atoms with Crippen molar-refractivity contribution in [3.8, 4) is 11.4 Å². The van der Waals surface area contributed by atoms with E-state index in [1.807, 2.05) is 6.07 Å². The Morgan fingerprint density at radius 2 is 1.50 bits per heavy atom. The topological polar surface area (TPSA) is 273 Å². The van der Waals surface area contributed by atoms with Gasteiger partial charge in [-0.3, -0.25) is 14.9 Å². The number of nitrogens with zero attached hydrogens (tertiary/aromatic N) is 7. The molecule has 19 heteroatoms. The molecule has 52 heavy (non-hydrogen) atoms. The Bertz CT molecular complexity index is 2550. The fourth-order valence-corrected chi connectivity index (χ4v) is 5.33. The van der Waals surface area contributed by atoms with Gasteiger partial charge in [-0.1, -0.05) is 73.3 Å². The molecule has 1 heterocycles. The van der Waals surface area contributed by atoms with Crippen LogP contribution in [0.2, 0.25) is 0 Å². The number of non-ortho nitro benzene ring substituents is 1. The molecule has 5 aromatic carbocycles. The smallest absolute Gasteiger partial charge is 0.871 e. The van der Waals surface area contributed by atoms with Gasteiger partial charge in [0.25, 0.3) is 11.2 Å². The molecular formula is C33H23CrN8O9S. The maximum absolute atomic E-state index is 12.4. The molecule has 0 aliphatic carbocycles. The van der Waals surface area contributed by atoms with Crippen LogP contribution in [0.4, 0.5) is 34.1 Å². The molecule has 6 rings (SSSR count). The van der Waals surface area contributed by atoms with Crippen LogP contribution >= 0.6 is 0 Å². The molecular weight excluding hydrogens is 736 g/mol. The van der Waals surface area contributed by atoms with E-state index in [0.717, 1.165) is 24.3 Å². The van der Waals surface area contributed by atoms with Gasteiger partial charge in [-0.2, -0.15) is 10.2 Å². The van der Waals surface area contributed by atoms with Crippen LogP contribution in [-0.2, 0) is 27.5 Å². The van der Waals surface area contributed by atoms with Gasteiger partial charge in [0.15, 0.2) is 0 Å². The molecule has 0 fully saturated rings. The SMILES string of the molecule is Cc1[n-]n(-c2ccccc2)c(=O)c1N=Nc1ccccc1C(=O)[O-].[Cr+3].[H+].[H+].[NH-]c1ccc2c(S(=O)(=O)[O-])cccc2c1N=Nc1ccc([N+](=O)[O-])cc1[O-]. The number of carboxylic acid groups (broad SMARTS) is 1. The average Bonchev–Trinajstić information content (AvgIpc) is 3.39. The fourth-order valence-electron chi connectivity index (χ4n) is 4.64. The number of nitrogens with one attached hydrogen (secondary N) is 1. The quantitative estimate of drug-likeness (QED) is 0.0763. The summed E-state index contributed by atoms with van der Waals surface area (Å²) in [5.41, 5.74) is 7.87. The molecule has 17 nitrogen and oxygen atoms in total. The summed E-state index contributed by atoms with van der Waals surface area (Å²) < 4.78 is 35.4. The van der Waals surface area contributed by atoms with Gasteiger partial charge >= 0.3 is 20.2 Å². The number of fused-ring (bicyclic) bond motifs is 1. The van der Waals surface area contributed by atoms with Crippen molar-refractivity contribution in [3.05, 3.63) is 141 Å². The van der Waals surface area contributed by atoms with Gasteiger partial charge in [0.2, 0.25) is 0 Å². The van der Waals surface area contributed by atoms with Crippen molar-refractivity contribution in [1.29, 1.82) is 0 Å². The van der Waals surface area contributed by atoms with Crippen molar-refractivity contribution in [2.75, 3.05) is 0 Å². The molecule has 6 aromatic rings. The first kappa shape index (κ1) is 38.3. The zero-order valence-corrected chi connectivity index (χ0v) is 28.5. The number of carbonyl (C=O) groups excluding carboxylic acids is 1. The zero-order chi connectivity index (χ0) is 36.9. The van der Waals surface area contributed by atoms with Crippen LogP contribution in [0, 0.1) is 17.0 Å². The molecule has 0 aliphatic heterocycles. The number of aryl methyl sites for hydroxylation is 1. The predicted molar refractivity (Wildman–Crippen MR) is 180 cm³/mol. The van der Waals surface area contributed by atoms with E-state index in [4.69, 9.17) is 5.73 Å². The van der Waals surface area contributed by atoms with Crippen molar-refractivity contribution < 1.29 is 53.1 Å². The number of benzene rings is 5. The van der Waals surface area contributed by atoms with Crippen molar-refractivity contribution in [2.45, 2.75) is 11.8 Å². The Morgan fingerprint density at radius 3 is 2.15 bits per heavy atom. The van der Waals surface area contributed by atoms with Gasteiger partial charge in [0, 0.05) is 34.2 Å². The van der Waals surface area contributed by atoms with E-state index < -0.39 is 42.9 Å². The summed E-state index contributed by atoms with van der Waals surface area (Å²) in [5.74, 6) is -2.09. The van der Waals surface area contributed by atoms with Crippen LogP contribution in [0.3, 0.4) is 0 Å². The minimum atomic E-state index is -4.74. The number of nitro benzene ring substituents is 1. The molecule has 1 aromatic heterocycles. The Kier molecular flexibility index (Phi) is 11.8. The number of rotatable bonds is 8. The summed E-state index contributed by atoms with van der Waals surface area (Å²) in [6.45, 7) is 1.64. The minimum absolute atomic E-state index is 0. The van der Waals surface area contributed by atoms with E-state index in [9.17, 15) is 42.9 Å². The number of nitro groups is 1. The molecule has 0 unspecified atom stereocenters. The maximum Gasteiger partial charge on any atom is 3.00 e. The Balaban J connectivity index is 0.000000356. The number of para-hydroxylation sites is 1. The van der Waals surface area contributed by atoms with Gasteiger partial charge < -0.3 is 35.1 Å². The molecule has 1 radical (unpaired) electrons. The zero-order valence-electron chi connectivity index (χ0n) is 28.4. The van der Waals surface area contributed by atoms with E-state index in [0.29, 0.717) is 11.4 Å². The second kappa shape index (κ2) is 16.0. The average molecular weight is 760 g/mol. The number of carbonyl (C=O) groups is 1. The number of aromatic nitrogens is 2. The number of hydrogen-bond donors (Lipinski definition) is 0. The Hall–Kier alpha value is -6.52. The summed E-state index contributed by atoms with van der Waals surface area (Å²) in [6.07, 6.45) is 0. The van der Waals surface area contributed by atoms with Crippen molar-refractivity contribution in [3.63, 3.8) is 0 Å². The Morgan fingerprint density at radius 1 is 0.846 bits per heavy atom. The standard InChI is InChI=1S/C17H14N4O3.C16H11N4O6S.Cr/c1-11-15(16(22)21(20-11)12-7-3-2-4-8-12)19-18-14-10-6-5-9-13(14)17(23)24;17-12-6-5-10-11(2-1-3-15(10)27(24,25)26)16(12)19-18-13-7-4-9(20(22)23)8-14(13)21;/h2-10H,1H3,(H2,18,20,22,23,24);1-8H,(H3-,17,18,19,21,24,25,26);/q;-1;+3/p-2. The van der Waals surface area contributed by atoms with Crippen LogP contribution in [0.15, 0.2) is 133 Å². The molecule has 0 aliphatic rings. The predicted octanol–water partition coefficient (Wildman–Crippen LogP) is 5.93. The summed E-state index contributed by atoms with van der Waals surface area (Å²) in [5, 5.41) is 53.4. The van der Waals surface area contributed by atoms with Crippen LogP contribution in [0.25, 0.3) is 22.2 Å². The van der Waals surface area contributed by atoms with Crippen LogP contribution < -0.4 is 20.9 Å². The Labute approximate surface area is 307 Å². The summed E-state index contributed by atoms with van der Waals surface area (Å²) >= 11 is 0. The van der Waals surface area contributed by atoms with Gasteiger partial charge in [0.05, 0.1) is 32.9 Å². The third kappa shape index (κ3) is 8.43. The summed E-state index contributed by atoms with van der Waals surface area (Å²) in [4.78, 5) is 33.0. The molecule has 0 amide bonds. The second-order valence-corrected chi connectivity index (χ2v) is 11.7. The largest absolute Gasteiger partial charge is 3.00 e. The third-order valence-corrected chi connectivity index (χ3v) is 7.94. The third-order valence-electron chi connectivity index (χ3n) is 7.04. The molecule has 1 N–H and O–H groups in total. The van der Waals surface area contributed by atoms with Crippen LogP contribution in [0.1, 0.15) is 18.9 Å². The number of azo groups is 2. The van der Waals surface area contributed by atoms with Crippen LogP contribution in [0.5, 0.6) is 5.75 Å². The summed E-state index contributed by atoms with van der Waals surface area (Å²) in [6, 6.07) is 24.4. The second-order valence-electron chi connectivity index (χ2n) is 10.4. The van der Waals surface area contributed by atoms with Gasteiger partial charge in [0.1, 0.15) is 15.8 Å². The minimum Gasteiger partial charge on any atom is -0.871 e. The molecule has 0 saturated heterocycles. The van der Waals surface area contributed by atoms with E-state index in [-0.39, 0.29) is 65.0 Å². The number of carboxylic acids is 1. The molecule has 0 atom stereocenters. The molecule has 0 spiro atoms. The first-order valence-corrected chi connectivity index (χ1v) is 15.8.